The van der Waals surface area contributed by atoms with Crippen LogP contribution in [0.1, 0.15) is 48.7 Å². The third-order valence-electron chi connectivity index (χ3n) is 4.88. The molecule has 1 unspecified atom stereocenters. The fourth-order valence-electron chi connectivity index (χ4n) is 3.59. The lowest BCUT2D eigenvalue weighted by Crippen LogP contribution is -2.29. The second-order valence-electron chi connectivity index (χ2n) is 7.35. The van der Waals surface area contributed by atoms with E-state index in [4.69, 9.17) is 11.6 Å². The Hall–Kier alpha value is -2.52. The number of aromatic amines is 1. The van der Waals surface area contributed by atoms with E-state index in [9.17, 15) is 0 Å². The normalized spacial score (nSPS) is 13.0. The van der Waals surface area contributed by atoms with Crippen molar-refractivity contribution in [3.63, 3.8) is 0 Å². The van der Waals surface area contributed by atoms with Crippen LogP contribution in [0.2, 0.25) is 0 Å². The number of aryl methyl sites for hydroxylation is 2. The molecule has 0 saturated heterocycles. The highest BCUT2D eigenvalue weighted by atomic mass is 35.5. The van der Waals surface area contributed by atoms with Gasteiger partial charge in [0.25, 0.3) is 0 Å². The summed E-state index contributed by atoms with van der Waals surface area (Å²) in [4.78, 5) is 10.3. The predicted octanol–water partition coefficient (Wildman–Crippen LogP) is 6.71. The van der Waals surface area contributed by atoms with E-state index < -0.39 is 0 Å². The van der Waals surface area contributed by atoms with Gasteiger partial charge >= 0.3 is 0 Å². The molecule has 0 spiro atoms. The minimum absolute atomic E-state index is 0.0134. The number of benzene rings is 2. The number of halogens is 1. The second kappa shape index (κ2) is 8.66. The van der Waals surface area contributed by atoms with Crippen LogP contribution >= 0.6 is 11.6 Å². The predicted molar refractivity (Wildman–Crippen MR) is 121 cm³/mol. The van der Waals surface area contributed by atoms with Gasteiger partial charge in [-0.2, -0.15) is 0 Å². The number of hydrogen-bond donors (Lipinski definition) is 1. The molecule has 3 nitrogen and oxygen atoms in total. The van der Waals surface area contributed by atoms with E-state index in [2.05, 4.69) is 90.8 Å². The van der Waals surface area contributed by atoms with Crippen molar-refractivity contribution in [2.45, 2.75) is 40.2 Å². The van der Waals surface area contributed by atoms with Crippen molar-refractivity contribution < 1.29 is 0 Å². The number of rotatable bonds is 7. The maximum Gasteiger partial charge on any atom is 0.123 e. The summed E-state index contributed by atoms with van der Waals surface area (Å²) >= 11 is 6.07. The Morgan fingerprint density at radius 2 is 1.79 bits per heavy atom. The zero-order valence-corrected chi connectivity index (χ0v) is 17.8. The van der Waals surface area contributed by atoms with Gasteiger partial charge in [0.2, 0.25) is 0 Å². The van der Waals surface area contributed by atoms with E-state index in [1.54, 1.807) is 6.92 Å². The van der Waals surface area contributed by atoms with Crippen molar-refractivity contribution >= 4 is 27.7 Å². The van der Waals surface area contributed by atoms with E-state index in [0.29, 0.717) is 11.0 Å². The quantitative estimate of drug-likeness (QED) is 0.444. The smallest absolute Gasteiger partial charge is 0.123 e. The maximum absolute atomic E-state index is 6.07. The van der Waals surface area contributed by atoms with Crippen molar-refractivity contribution in [3.05, 3.63) is 83.3 Å². The Labute approximate surface area is 172 Å². The van der Waals surface area contributed by atoms with Gasteiger partial charge in [-0.15, -0.1) is 0 Å². The SMILES string of the molecule is C=C(/N=C(\C)Cl)N(CCC)C(c1ccc(C)cc1)c1cc2cc(C)ccc2[nH]1. The molecule has 0 amide bonds. The van der Waals surface area contributed by atoms with Crippen LogP contribution < -0.4 is 0 Å². The Morgan fingerprint density at radius 1 is 1.11 bits per heavy atom. The number of hydrogen-bond acceptors (Lipinski definition) is 2. The van der Waals surface area contributed by atoms with Crippen LogP contribution in [0.3, 0.4) is 0 Å². The molecule has 1 heterocycles. The summed E-state index contributed by atoms with van der Waals surface area (Å²) in [5, 5.41) is 1.70. The first-order valence-electron chi connectivity index (χ1n) is 9.71. The molecule has 1 N–H and O–H groups in total. The number of H-pyrrole nitrogens is 1. The topological polar surface area (TPSA) is 31.4 Å². The van der Waals surface area contributed by atoms with Gasteiger partial charge in [0.15, 0.2) is 0 Å². The van der Waals surface area contributed by atoms with E-state index in [1.165, 1.54) is 22.1 Å². The lowest BCUT2D eigenvalue weighted by molar-refractivity contribution is 0.284. The molecule has 4 heteroatoms. The number of aliphatic imine (C=N–C) groups is 1. The van der Waals surface area contributed by atoms with Crippen molar-refractivity contribution in [2.75, 3.05) is 6.54 Å². The number of aromatic nitrogens is 1. The second-order valence-corrected chi connectivity index (χ2v) is 7.89. The fourth-order valence-corrected chi connectivity index (χ4v) is 3.69. The summed E-state index contributed by atoms with van der Waals surface area (Å²) in [5.74, 6) is 0.676. The summed E-state index contributed by atoms with van der Waals surface area (Å²) < 4.78 is 0. The minimum Gasteiger partial charge on any atom is -0.356 e. The molecule has 1 aromatic heterocycles. The summed E-state index contributed by atoms with van der Waals surface area (Å²) in [5.41, 5.74) is 5.96. The molecule has 2 aromatic carbocycles. The van der Waals surface area contributed by atoms with Crippen LogP contribution in [0.25, 0.3) is 10.9 Å². The molecule has 0 fully saturated rings. The monoisotopic (exact) mass is 393 g/mol. The van der Waals surface area contributed by atoms with Crippen molar-refractivity contribution in [3.8, 4) is 0 Å². The van der Waals surface area contributed by atoms with E-state index in [0.717, 1.165) is 24.2 Å². The zero-order chi connectivity index (χ0) is 20.3. The van der Waals surface area contributed by atoms with Crippen LogP contribution in [-0.2, 0) is 0 Å². The van der Waals surface area contributed by atoms with E-state index >= 15 is 0 Å². The molecule has 0 radical (unpaired) electrons. The first-order valence-corrected chi connectivity index (χ1v) is 10.1. The number of fused-ring (bicyclic) bond motifs is 1. The third-order valence-corrected chi connectivity index (χ3v) is 4.96. The Balaban J connectivity index is 2.15. The fraction of sp³-hybridized carbons (Fsp3) is 0.292. The van der Waals surface area contributed by atoms with Crippen LogP contribution in [0.15, 0.2) is 65.9 Å². The Kier molecular flexibility index (Phi) is 6.25. The average molecular weight is 394 g/mol. The highest BCUT2D eigenvalue weighted by Gasteiger charge is 2.25. The Morgan fingerprint density at radius 3 is 2.43 bits per heavy atom. The number of nitrogens with zero attached hydrogens (tertiary/aromatic N) is 2. The molecule has 0 aliphatic rings. The average Bonchev–Trinajstić information content (AvgIpc) is 3.04. The molecule has 3 rings (SSSR count). The summed E-state index contributed by atoms with van der Waals surface area (Å²) in [6, 6.07) is 17.4. The third kappa shape index (κ3) is 4.48. The molecule has 0 aliphatic carbocycles. The van der Waals surface area contributed by atoms with Gasteiger partial charge < -0.3 is 9.88 Å². The molecular weight excluding hydrogens is 366 g/mol. The molecule has 146 valence electrons. The van der Waals surface area contributed by atoms with Gasteiger partial charge in [0.1, 0.15) is 11.0 Å². The van der Waals surface area contributed by atoms with Gasteiger partial charge in [0, 0.05) is 17.8 Å². The minimum atomic E-state index is -0.0134. The van der Waals surface area contributed by atoms with Crippen molar-refractivity contribution in [2.24, 2.45) is 4.99 Å². The highest BCUT2D eigenvalue weighted by Crippen LogP contribution is 2.33. The van der Waals surface area contributed by atoms with E-state index in [-0.39, 0.29) is 6.04 Å². The molecule has 0 bridgehead atoms. The van der Waals surface area contributed by atoms with Gasteiger partial charge in [-0.05, 0) is 56.3 Å². The standard InChI is InChI=1S/C24H28ClN3/c1-6-13-28(19(5)26-18(4)25)24(20-10-7-16(2)8-11-20)23-15-21-14-17(3)9-12-22(21)27-23/h7-12,14-15,24,27H,5-6,13H2,1-4H3/b26-18+. The van der Waals surface area contributed by atoms with Crippen LogP contribution in [0.4, 0.5) is 0 Å². The lowest BCUT2D eigenvalue weighted by Gasteiger charge is -2.33. The zero-order valence-electron chi connectivity index (χ0n) is 17.1. The lowest BCUT2D eigenvalue weighted by atomic mass is 10.00. The van der Waals surface area contributed by atoms with Crippen molar-refractivity contribution in [1.82, 2.24) is 9.88 Å². The summed E-state index contributed by atoms with van der Waals surface area (Å²) in [6.45, 7) is 13.2. The van der Waals surface area contributed by atoms with Gasteiger partial charge in [-0.25, -0.2) is 4.99 Å². The first-order chi connectivity index (χ1) is 13.4. The molecule has 1 atom stereocenters. The summed E-state index contributed by atoms with van der Waals surface area (Å²) in [6.07, 6.45) is 0.984. The highest BCUT2D eigenvalue weighted by molar-refractivity contribution is 6.64. The van der Waals surface area contributed by atoms with Crippen LogP contribution in [0, 0.1) is 13.8 Å². The molecule has 3 aromatic rings. The largest absolute Gasteiger partial charge is 0.356 e. The first kappa shape index (κ1) is 20.2. The van der Waals surface area contributed by atoms with Crippen LogP contribution in [-0.4, -0.2) is 21.6 Å². The maximum atomic E-state index is 6.07. The van der Waals surface area contributed by atoms with E-state index in [1.807, 2.05) is 0 Å². The van der Waals surface area contributed by atoms with Crippen LogP contribution in [0.5, 0.6) is 0 Å². The van der Waals surface area contributed by atoms with Gasteiger partial charge in [-0.3, -0.25) is 0 Å². The Bertz CT molecular complexity index is 994. The molecule has 28 heavy (non-hydrogen) atoms. The number of nitrogens with one attached hydrogen (secondary N) is 1. The molecule has 0 saturated carbocycles. The van der Waals surface area contributed by atoms with Crippen molar-refractivity contribution in [1.29, 1.82) is 0 Å². The molecular formula is C24H28ClN3. The van der Waals surface area contributed by atoms with Gasteiger partial charge in [-0.1, -0.05) is 66.6 Å². The van der Waals surface area contributed by atoms with Gasteiger partial charge in [0.05, 0.1) is 6.04 Å². The summed E-state index contributed by atoms with van der Waals surface area (Å²) in [7, 11) is 0. The molecule has 0 aliphatic heterocycles.